The van der Waals surface area contributed by atoms with Crippen molar-refractivity contribution < 1.29 is 14.3 Å². The second-order valence-corrected chi connectivity index (χ2v) is 7.60. The van der Waals surface area contributed by atoms with E-state index in [0.29, 0.717) is 19.6 Å². The summed E-state index contributed by atoms with van der Waals surface area (Å²) in [4.78, 5) is 31.6. The van der Waals surface area contributed by atoms with E-state index in [9.17, 15) is 9.59 Å². The van der Waals surface area contributed by atoms with Crippen LogP contribution in [0.1, 0.15) is 36.2 Å². The number of esters is 1. The Labute approximate surface area is 170 Å². The van der Waals surface area contributed by atoms with Gasteiger partial charge in [0.15, 0.2) is 0 Å². The Morgan fingerprint density at radius 1 is 1.17 bits per heavy atom. The number of amides is 1. The number of benzene rings is 2. The average Bonchev–Trinajstić information content (AvgIpc) is 3.22. The summed E-state index contributed by atoms with van der Waals surface area (Å²) >= 11 is 0. The van der Waals surface area contributed by atoms with E-state index in [1.165, 1.54) is 0 Å². The van der Waals surface area contributed by atoms with Crippen LogP contribution in [0.2, 0.25) is 0 Å². The van der Waals surface area contributed by atoms with Gasteiger partial charge in [-0.05, 0) is 56.2 Å². The van der Waals surface area contributed by atoms with E-state index in [1.807, 2.05) is 59.7 Å². The molecule has 6 heteroatoms. The van der Waals surface area contributed by atoms with Crippen LogP contribution in [0.15, 0.2) is 42.5 Å². The van der Waals surface area contributed by atoms with Gasteiger partial charge in [0.1, 0.15) is 12.4 Å². The van der Waals surface area contributed by atoms with Gasteiger partial charge in [-0.25, -0.2) is 4.98 Å². The minimum absolute atomic E-state index is 0.0785. The van der Waals surface area contributed by atoms with Crippen molar-refractivity contribution in [2.24, 2.45) is 0 Å². The topological polar surface area (TPSA) is 64.4 Å². The minimum Gasteiger partial charge on any atom is -0.465 e. The fraction of sp³-hybridized carbons (Fsp3) is 0.348. The second kappa shape index (κ2) is 7.70. The molecule has 1 aliphatic heterocycles. The molecule has 0 radical (unpaired) electrons. The smallest absolute Gasteiger partial charge is 0.326 e. The number of ether oxygens (including phenoxy) is 1. The third kappa shape index (κ3) is 3.75. The molecule has 0 spiro atoms. The molecule has 2 heterocycles. The number of carbonyl (C=O) groups excluding carboxylic acids is 2. The van der Waals surface area contributed by atoms with Crippen LogP contribution < -0.4 is 4.90 Å². The van der Waals surface area contributed by atoms with Crippen molar-refractivity contribution in [1.82, 2.24) is 9.55 Å². The number of nitrogens with zero attached hydrogens (tertiary/aromatic N) is 3. The maximum Gasteiger partial charge on any atom is 0.326 e. The Kier molecular flexibility index (Phi) is 5.09. The Morgan fingerprint density at radius 3 is 2.62 bits per heavy atom. The average molecular weight is 391 g/mol. The summed E-state index contributed by atoms with van der Waals surface area (Å²) in [5.74, 6) is 0.465. The van der Waals surface area contributed by atoms with Crippen molar-refractivity contribution in [3.8, 4) is 0 Å². The van der Waals surface area contributed by atoms with E-state index in [1.54, 1.807) is 6.92 Å². The number of fused-ring (bicyclic) bond motifs is 1. The van der Waals surface area contributed by atoms with E-state index >= 15 is 0 Å². The molecule has 0 aliphatic carbocycles. The number of aryl methyl sites for hydroxylation is 2. The molecule has 0 bridgehead atoms. The number of rotatable bonds is 5. The molecule has 1 saturated heterocycles. The second-order valence-electron chi connectivity index (χ2n) is 7.60. The molecular weight excluding hydrogens is 366 g/mol. The number of anilines is 1. The minimum atomic E-state index is -0.299. The lowest BCUT2D eigenvalue weighted by atomic mass is 10.1. The molecule has 29 heavy (non-hydrogen) atoms. The molecule has 150 valence electrons. The van der Waals surface area contributed by atoms with Crippen LogP contribution in [-0.4, -0.2) is 34.6 Å². The molecule has 4 rings (SSSR count). The fourth-order valence-electron chi connectivity index (χ4n) is 4.14. The van der Waals surface area contributed by atoms with Gasteiger partial charge in [0, 0.05) is 24.6 Å². The van der Waals surface area contributed by atoms with Gasteiger partial charge in [0.05, 0.1) is 17.6 Å². The molecule has 6 nitrogen and oxygen atoms in total. The van der Waals surface area contributed by atoms with Gasteiger partial charge >= 0.3 is 5.97 Å². The summed E-state index contributed by atoms with van der Waals surface area (Å²) in [6.45, 7) is 6.85. The van der Waals surface area contributed by atoms with Gasteiger partial charge in [-0.3, -0.25) is 9.59 Å². The highest BCUT2D eigenvalue weighted by Gasteiger charge is 2.35. The van der Waals surface area contributed by atoms with Crippen molar-refractivity contribution in [3.05, 3.63) is 59.4 Å². The fourth-order valence-corrected chi connectivity index (χ4v) is 4.14. The summed E-state index contributed by atoms with van der Waals surface area (Å²) < 4.78 is 7.05. The zero-order chi connectivity index (χ0) is 20.5. The van der Waals surface area contributed by atoms with Crippen LogP contribution in [0.5, 0.6) is 0 Å². The lowest BCUT2D eigenvalue weighted by Gasteiger charge is -2.18. The maximum atomic E-state index is 12.8. The normalized spacial score (nSPS) is 16.6. The lowest BCUT2D eigenvalue weighted by Crippen LogP contribution is -2.25. The van der Waals surface area contributed by atoms with Crippen molar-refractivity contribution in [2.75, 3.05) is 18.1 Å². The molecule has 2 aromatic carbocycles. The van der Waals surface area contributed by atoms with Crippen molar-refractivity contribution in [3.63, 3.8) is 0 Å². The van der Waals surface area contributed by atoms with E-state index in [2.05, 4.69) is 6.07 Å². The number of carbonyl (C=O) groups is 2. The van der Waals surface area contributed by atoms with Crippen LogP contribution in [0.4, 0.5) is 5.69 Å². The summed E-state index contributed by atoms with van der Waals surface area (Å²) in [5, 5.41) is 0. The summed E-state index contributed by atoms with van der Waals surface area (Å²) in [5.41, 5.74) is 4.89. The van der Waals surface area contributed by atoms with Crippen molar-refractivity contribution >= 4 is 28.6 Å². The van der Waals surface area contributed by atoms with E-state index < -0.39 is 0 Å². The quantitative estimate of drug-likeness (QED) is 0.622. The molecule has 1 amide bonds. The van der Waals surface area contributed by atoms with Gasteiger partial charge in [0.25, 0.3) is 0 Å². The molecule has 3 aromatic rings. The van der Waals surface area contributed by atoms with E-state index in [-0.39, 0.29) is 24.3 Å². The Morgan fingerprint density at radius 2 is 1.90 bits per heavy atom. The summed E-state index contributed by atoms with van der Waals surface area (Å²) in [7, 11) is 0. The first-order chi connectivity index (χ1) is 14.0. The third-order valence-corrected chi connectivity index (χ3v) is 5.28. The highest BCUT2D eigenvalue weighted by molar-refractivity contribution is 5.96. The summed E-state index contributed by atoms with van der Waals surface area (Å²) in [6, 6.07) is 13.9. The van der Waals surface area contributed by atoms with Gasteiger partial charge < -0.3 is 14.2 Å². The summed E-state index contributed by atoms with van der Waals surface area (Å²) in [6.07, 6.45) is 0.374. The zero-order valence-corrected chi connectivity index (χ0v) is 17.0. The zero-order valence-electron chi connectivity index (χ0n) is 17.0. The Balaban J connectivity index is 1.69. The first kappa shape index (κ1) is 19.2. The van der Waals surface area contributed by atoms with E-state index in [0.717, 1.165) is 33.7 Å². The number of imidazole rings is 1. The monoisotopic (exact) mass is 391 g/mol. The number of hydrogen-bond acceptors (Lipinski definition) is 4. The predicted octanol–water partition coefficient (Wildman–Crippen LogP) is 3.74. The highest BCUT2D eigenvalue weighted by atomic mass is 16.5. The highest BCUT2D eigenvalue weighted by Crippen LogP contribution is 2.34. The molecule has 1 aliphatic rings. The molecule has 0 N–H and O–H groups in total. The molecule has 1 fully saturated rings. The van der Waals surface area contributed by atoms with Gasteiger partial charge in [0.2, 0.25) is 5.91 Å². The van der Waals surface area contributed by atoms with Crippen molar-refractivity contribution in [2.45, 2.75) is 39.7 Å². The molecule has 0 saturated carbocycles. The first-order valence-electron chi connectivity index (χ1n) is 9.95. The molecular formula is C23H25N3O3. The third-order valence-electron chi connectivity index (χ3n) is 5.28. The molecule has 1 atom stereocenters. The van der Waals surface area contributed by atoms with Gasteiger partial charge in [-0.1, -0.05) is 18.2 Å². The Hall–Kier alpha value is -3.15. The standard InChI is InChI=1S/C23H25N3O3/c1-4-29-22(28)14-26-20-8-6-5-7-19(20)24-23(26)17-12-21(27)25(13-17)18-10-15(2)9-16(3)11-18/h5-11,17H,4,12-14H2,1-3H3/t17-/m0/s1. The van der Waals surface area contributed by atoms with Crippen LogP contribution in [0, 0.1) is 13.8 Å². The SMILES string of the molecule is CCOC(=O)Cn1c([C@H]2CC(=O)N(c3cc(C)cc(C)c3)C2)nc2ccccc21. The number of hydrogen-bond donors (Lipinski definition) is 0. The van der Waals surface area contributed by atoms with Crippen molar-refractivity contribution in [1.29, 1.82) is 0 Å². The largest absolute Gasteiger partial charge is 0.465 e. The lowest BCUT2D eigenvalue weighted by molar-refractivity contribution is -0.143. The Bertz CT molecular complexity index is 1070. The van der Waals surface area contributed by atoms with Crippen LogP contribution >= 0.6 is 0 Å². The predicted molar refractivity (Wildman–Crippen MR) is 112 cm³/mol. The van der Waals surface area contributed by atoms with Crippen LogP contribution in [0.3, 0.4) is 0 Å². The van der Waals surface area contributed by atoms with Crippen LogP contribution in [0.25, 0.3) is 11.0 Å². The van der Waals surface area contributed by atoms with Gasteiger partial charge in [-0.2, -0.15) is 0 Å². The number of aromatic nitrogens is 2. The first-order valence-corrected chi connectivity index (χ1v) is 9.95. The molecule has 1 aromatic heterocycles. The molecule has 0 unspecified atom stereocenters. The van der Waals surface area contributed by atoms with E-state index in [4.69, 9.17) is 9.72 Å². The van der Waals surface area contributed by atoms with Crippen LogP contribution in [-0.2, 0) is 20.9 Å². The maximum absolute atomic E-state index is 12.8. The van der Waals surface area contributed by atoms with Gasteiger partial charge in [-0.15, -0.1) is 0 Å². The number of para-hydroxylation sites is 2.